The SMILES string of the molecule is O=C1CCC(N2C(=O)c3cccc(OCCCCCCn4cc(CCN5CCC(CNC(=O)c6cccc(C7CC(=O)C(=O)C7=O)c6)(c6nc(-c7ccccc7)cs6)CC5)nn4)c3C2=O)C(=O)N1. The quantitative estimate of drug-likeness (QED) is 0.0696. The number of imide groups is 2. The van der Waals surface area contributed by atoms with Crippen molar-refractivity contribution in [1.29, 1.82) is 0 Å². The van der Waals surface area contributed by atoms with Crippen molar-refractivity contribution in [3.63, 3.8) is 0 Å². The fraction of sp³-hybridized carbons (Fsp3) is 0.380. The van der Waals surface area contributed by atoms with Crippen molar-refractivity contribution in [2.24, 2.45) is 0 Å². The fourth-order valence-electron chi connectivity index (χ4n) is 9.46. The predicted molar refractivity (Wildman–Crippen MR) is 247 cm³/mol. The third-order valence-corrected chi connectivity index (χ3v) is 14.5. The Morgan fingerprint density at radius 1 is 0.882 bits per heavy atom. The van der Waals surface area contributed by atoms with E-state index in [1.165, 1.54) is 0 Å². The Kier molecular flexibility index (Phi) is 13.6. The molecule has 0 radical (unpaired) electrons. The van der Waals surface area contributed by atoms with Gasteiger partial charge in [0, 0.05) is 67.0 Å². The molecule has 2 atom stereocenters. The van der Waals surface area contributed by atoms with Crippen LogP contribution in [-0.2, 0) is 42.4 Å². The Morgan fingerprint density at radius 3 is 2.46 bits per heavy atom. The second kappa shape index (κ2) is 20.0. The molecule has 4 aliphatic rings. The number of carbonyl (C=O) groups is 8. The van der Waals surface area contributed by atoms with Gasteiger partial charge >= 0.3 is 0 Å². The van der Waals surface area contributed by atoms with Gasteiger partial charge in [0.2, 0.25) is 23.4 Å². The van der Waals surface area contributed by atoms with Gasteiger partial charge in [-0.25, -0.2) is 4.98 Å². The number of ketones is 3. The number of hydrogen-bond acceptors (Lipinski definition) is 14. The van der Waals surface area contributed by atoms with Crippen LogP contribution in [0.4, 0.5) is 0 Å². The van der Waals surface area contributed by atoms with Crippen molar-refractivity contribution in [2.75, 3.05) is 32.8 Å². The topological polar surface area (TPSA) is 220 Å². The summed E-state index contributed by atoms with van der Waals surface area (Å²) >= 11 is 1.60. The normalized spacial score (nSPS) is 19.4. The standard InChI is InChI=1S/C50H50N8O9S/c59-39-27-36(43(61)44(39)62)32-12-8-13-33(26-32)45(63)51-30-50(49-52-37(29-68-49)31-10-4-3-5-11-31)19-23-56(24-20-50)22-18-34-28-57(55-54-34)21-6-1-2-7-25-67-40-15-9-14-35-42(40)48(66)58(47(35)65)38-16-17-41(60)53-46(38)64/h3-5,8-15,26,28-29,36,38H,1-2,6-7,16-25,27,30H2,(H,51,63)(H,53,60,64). The number of nitrogens with zero attached hydrogens (tertiary/aromatic N) is 6. The van der Waals surface area contributed by atoms with Crippen LogP contribution in [0.15, 0.2) is 84.4 Å². The second-order valence-electron chi connectivity index (χ2n) is 17.8. The molecule has 2 saturated heterocycles. The van der Waals surface area contributed by atoms with Crippen molar-refractivity contribution in [1.82, 2.24) is 40.4 Å². The molecule has 5 heterocycles. The van der Waals surface area contributed by atoms with Crippen molar-refractivity contribution in [3.8, 4) is 17.0 Å². The van der Waals surface area contributed by atoms with Gasteiger partial charge in [-0.1, -0.05) is 60.2 Å². The number of aryl methyl sites for hydroxylation is 1. The van der Waals surface area contributed by atoms with Crippen LogP contribution in [0.5, 0.6) is 5.75 Å². The highest BCUT2D eigenvalue weighted by molar-refractivity contribution is 7.10. The summed E-state index contributed by atoms with van der Waals surface area (Å²) in [4.78, 5) is 109. The molecule has 350 valence electrons. The van der Waals surface area contributed by atoms with Crippen molar-refractivity contribution < 1.29 is 43.1 Å². The summed E-state index contributed by atoms with van der Waals surface area (Å²) in [6.07, 6.45) is 7.64. The Balaban J connectivity index is 0.735. The molecule has 2 N–H and O–H groups in total. The van der Waals surface area contributed by atoms with Crippen LogP contribution in [0, 0.1) is 0 Å². The number of piperidine rings is 2. The van der Waals surface area contributed by atoms with Crippen molar-refractivity contribution in [2.45, 2.75) is 88.1 Å². The molecule has 2 aromatic heterocycles. The van der Waals surface area contributed by atoms with Gasteiger partial charge in [-0.2, -0.15) is 0 Å². The first kappa shape index (κ1) is 46.1. The monoisotopic (exact) mass is 938 g/mol. The fourth-order valence-corrected chi connectivity index (χ4v) is 10.6. The molecule has 5 amide bonds. The van der Waals surface area contributed by atoms with E-state index < -0.39 is 58.4 Å². The minimum Gasteiger partial charge on any atom is -0.493 e. The van der Waals surface area contributed by atoms with Crippen LogP contribution in [0.3, 0.4) is 0 Å². The molecule has 1 saturated carbocycles. The van der Waals surface area contributed by atoms with E-state index in [1.807, 2.05) is 41.2 Å². The third-order valence-electron chi connectivity index (χ3n) is 13.4. The van der Waals surface area contributed by atoms with Crippen LogP contribution in [0.25, 0.3) is 11.3 Å². The van der Waals surface area contributed by atoms with Gasteiger partial charge in [-0.15, -0.1) is 16.4 Å². The number of ether oxygens (including phenoxy) is 1. The molecule has 68 heavy (non-hydrogen) atoms. The Bertz CT molecular complexity index is 2800. The summed E-state index contributed by atoms with van der Waals surface area (Å²) in [7, 11) is 0. The highest BCUT2D eigenvalue weighted by atomic mass is 32.1. The zero-order valence-corrected chi connectivity index (χ0v) is 38.1. The van der Waals surface area contributed by atoms with E-state index in [1.54, 1.807) is 53.8 Å². The molecule has 9 rings (SSSR count). The number of likely N-dealkylation sites (tertiary alicyclic amines) is 1. The number of benzene rings is 3. The maximum Gasteiger partial charge on any atom is 0.266 e. The van der Waals surface area contributed by atoms with Gasteiger partial charge < -0.3 is 15.0 Å². The molecule has 3 aliphatic heterocycles. The highest BCUT2D eigenvalue weighted by Crippen LogP contribution is 2.39. The number of Topliss-reactive ketones (excluding diaryl/α,β-unsaturated/α-hetero) is 3. The lowest BCUT2D eigenvalue weighted by molar-refractivity contribution is -0.140. The molecular weight excluding hydrogens is 889 g/mol. The van der Waals surface area contributed by atoms with E-state index >= 15 is 0 Å². The Labute approximate surface area is 395 Å². The number of aromatic nitrogens is 4. The lowest BCUT2D eigenvalue weighted by Crippen LogP contribution is -2.54. The highest BCUT2D eigenvalue weighted by Gasteiger charge is 2.46. The van der Waals surface area contributed by atoms with Gasteiger partial charge in [0.05, 0.1) is 35.0 Å². The molecule has 5 aromatic rings. The van der Waals surface area contributed by atoms with Gasteiger partial charge in [0.15, 0.2) is 0 Å². The minimum atomic E-state index is -1.03. The molecule has 3 aromatic carbocycles. The van der Waals surface area contributed by atoms with E-state index in [0.717, 1.165) is 91.4 Å². The summed E-state index contributed by atoms with van der Waals surface area (Å²) in [5.74, 6) is -5.50. The zero-order chi connectivity index (χ0) is 47.4. The first-order chi connectivity index (χ1) is 33.0. The number of amides is 5. The van der Waals surface area contributed by atoms with Crippen LogP contribution in [-0.4, -0.2) is 115 Å². The van der Waals surface area contributed by atoms with E-state index in [0.29, 0.717) is 36.6 Å². The largest absolute Gasteiger partial charge is 0.493 e. The maximum absolute atomic E-state index is 13.7. The van der Waals surface area contributed by atoms with E-state index in [9.17, 15) is 38.4 Å². The van der Waals surface area contributed by atoms with Crippen molar-refractivity contribution >= 4 is 58.2 Å². The predicted octanol–water partition coefficient (Wildman–Crippen LogP) is 4.64. The van der Waals surface area contributed by atoms with Crippen molar-refractivity contribution in [3.05, 3.63) is 117 Å². The summed E-state index contributed by atoms with van der Waals surface area (Å²) in [5.41, 5.74) is 3.57. The number of carbonyl (C=O) groups excluding carboxylic acids is 8. The minimum absolute atomic E-state index is 0.0523. The first-order valence-corrected chi connectivity index (χ1v) is 24.0. The molecule has 2 unspecified atom stereocenters. The average Bonchev–Trinajstić information content (AvgIpc) is 4.15. The number of rotatable bonds is 18. The number of nitrogens with one attached hydrogen (secondary N) is 2. The van der Waals surface area contributed by atoms with E-state index in [4.69, 9.17) is 9.72 Å². The lowest BCUT2D eigenvalue weighted by Gasteiger charge is -2.40. The number of thiazole rings is 1. The molecule has 0 bridgehead atoms. The van der Waals surface area contributed by atoms with Gasteiger partial charge in [-0.3, -0.25) is 53.3 Å². The summed E-state index contributed by atoms with van der Waals surface area (Å²) in [6.45, 7) is 3.80. The smallest absolute Gasteiger partial charge is 0.266 e. The molecule has 3 fully saturated rings. The average molecular weight is 939 g/mol. The van der Waals surface area contributed by atoms with Crippen LogP contribution < -0.4 is 15.4 Å². The molecule has 17 nitrogen and oxygen atoms in total. The second-order valence-corrected chi connectivity index (χ2v) is 18.7. The van der Waals surface area contributed by atoms with Crippen LogP contribution in [0.2, 0.25) is 0 Å². The molecule has 1 aliphatic carbocycles. The maximum atomic E-state index is 13.7. The van der Waals surface area contributed by atoms with Gasteiger partial charge in [0.25, 0.3) is 23.5 Å². The Hall–Kier alpha value is -7.05. The molecule has 18 heteroatoms. The summed E-state index contributed by atoms with van der Waals surface area (Å²) in [5, 5.41) is 17.2. The van der Waals surface area contributed by atoms with E-state index in [-0.39, 0.29) is 36.3 Å². The Morgan fingerprint density at radius 2 is 1.68 bits per heavy atom. The zero-order valence-electron chi connectivity index (χ0n) is 37.3. The summed E-state index contributed by atoms with van der Waals surface area (Å²) < 4.78 is 7.85. The lowest BCUT2D eigenvalue weighted by atomic mass is 9.78. The van der Waals surface area contributed by atoms with Gasteiger partial charge in [0.1, 0.15) is 16.8 Å². The number of fused-ring (bicyclic) bond motifs is 1. The molecular formula is C50H50N8O9S. The van der Waals surface area contributed by atoms with E-state index in [2.05, 4.69) is 31.2 Å². The number of hydrogen-bond donors (Lipinski definition) is 2. The summed E-state index contributed by atoms with van der Waals surface area (Å²) in [6, 6.07) is 20.4. The molecule has 0 spiro atoms. The number of unbranched alkanes of at least 4 members (excludes halogenated alkanes) is 3. The van der Waals surface area contributed by atoms with Crippen LogP contribution >= 0.6 is 11.3 Å². The third kappa shape index (κ3) is 9.69. The van der Waals surface area contributed by atoms with Crippen LogP contribution in [0.1, 0.15) is 111 Å². The van der Waals surface area contributed by atoms with Gasteiger partial charge in [-0.05, 0) is 81.4 Å². The first-order valence-electron chi connectivity index (χ1n) is 23.1.